The van der Waals surface area contributed by atoms with Crippen molar-refractivity contribution in [1.29, 1.82) is 0 Å². The highest BCUT2D eigenvalue weighted by Gasteiger charge is 2.39. The van der Waals surface area contributed by atoms with Crippen molar-refractivity contribution in [2.45, 2.75) is 44.7 Å². The van der Waals surface area contributed by atoms with Crippen molar-refractivity contribution in [1.82, 2.24) is 4.90 Å². The first kappa shape index (κ1) is 26.5. The van der Waals surface area contributed by atoms with E-state index in [4.69, 9.17) is 5.73 Å². The minimum Gasteiger partial charge on any atom is -0.481 e. The second kappa shape index (κ2) is 11.1. The fourth-order valence-electron chi connectivity index (χ4n) is 4.27. The number of hydrogen-bond acceptors (Lipinski definition) is 3. The Kier molecular flexibility index (Phi) is 8.19. The molecule has 0 unspecified atom stereocenters. The number of nitrogens with two attached hydrogens (primary N) is 1. The van der Waals surface area contributed by atoms with Crippen LogP contribution in [0.4, 0.5) is 8.78 Å². The summed E-state index contributed by atoms with van der Waals surface area (Å²) in [6.45, 7) is 3.50. The Hall–Kier alpha value is -4.07. The van der Waals surface area contributed by atoms with Crippen LogP contribution >= 0.6 is 0 Å². The zero-order valence-electron chi connectivity index (χ0n) is 20.1. The van der Waals surface area contributed by atoms with Gasteiger partial charge in [0.25, 0.3) is 5.91 Å². The largest absolute Gasteiger partial charge is 0.481 e. The van der Waals surface area contributed by atoms with Crippen molar-refractivity contribution in [3.05, 3.63) is 95.6 Å². The van der Waals surface area contributed by atoms with Crippen molar-refractivity contribution in [3.63, 3.8) is 0 Å². The maximum absolute atomic E-state index is 13.8. The van der Waals surface area contributed by atoms with Gasteiger partial charge in [0.1, 0.15) is 17.7 Å². The van der Waals surface area contributed by atoms with E-state index in [0.29, 0.717) is 0 Å². The summed E-state index contributed by atoms with van der Waals surface area (Å²) < 4.78 is 26.7. The second-order valence-corrected chi connectivity index (χ2v) is 9.23. The highest BCUT2D eigenvalue weighted by molar-refractivity contribution is 5.98. The summed E-state index contributed by atoms with van der Waals surface area (Å²) in [6.07, 6.45) is -0.242. The Bertz CT molecular complexity index is 1220. The summed E-state index contributed by atoms with van der Waals surface area (Å²) in [4.78, 5) is 38.8. The number of aliphatic carboxylic acids is 1. The Morgan fingerprint density at radius 1 is 0.861 bits per heavy atom. The average Bonchev–Trinajstić information content (AvgIpc) is 2.83. The molecule has 188 valence electrons. The first-order valence-electron chi connectivity index (χ1n) is 11.4. The summed E-state index contributed by atoms with van der Waals surface area (Å²) in [5, 5.41) is 9.19. The van der Waals surface area contributed by atoms with E-state index in [2.05, 4.69) is 0 Å². The lowest BCUT2D eigenvalue weighted by molar-refractivity contribution is -0.137. The predicted molar refractivity (Wildman–Crippen MR) is 132 cm³/mol. The van der Waals surface area contributed by atoms with Crippen molar-refractivity contribution >= 4 is 17.8 Å². The van der Waals surface area contributed by atoms with E-state index in [1.54, 1.807) is 62.4 Å². The van der Waals surface area contributed by atoms with Crippen LogP contribution < -0.4 is 5.73 Å². The molecule has 0 aliphatic heterocycles. The number of carbonyl (C=O) groups is 3. The first-order valence-corrected chi connectivity index (χ1v) is 11.4. The van der Waals surface area contributed by atoms with E-state index in [9.17, 15) is 28.3 Å². The number of carboxylic acid groups (broad SMARTS) is 1. The smallest absolute Gasteiger partial charge is 0.303 e. The van der Waals surface area contributed by atoms with E-state index in [0.717, 1.165) is 16.7 Å². The second-order valence-electron chi connectivity index (χ2n) is 9.23. The maximum atomic E-state index is 13.8. The number of primary amides is 1. The molecule has 0 saturated heterocycles. The third-order valence-electron chi connectivity index (χ3n) is 6.00. The van der Waals surface area contributed by atoms with Crippen LogP contribution in [-0.4, -0.2) is 39.4 Å². The van der Waals surface area contributed by atoms with Gasteiger partial charge in [-0.25, -0.2) is 8.78 Å². The average molecular weight is 495 g/mol. The minimum absolute atomic E-state index is 0.156. The van der Waals surface area contributed by atoms with Gasteiger partial charge in [-0.3, -0.25) is 14.4 Å². The predicted octanol–water partition coefficient (Wildman–Crippen LogP) is 4.81. The number of benzene rings is 3. The number of carbonyl (C=O) groups excluding carboxylic acids is 2. The highest BCUT2D eigenvalue weighted by Crippen LogP contribution is 2.29. The summed E-state index contributed by atoms with van der Waals surface area (Å²) in [7, 11) is 0. The van der Waals surface area contributed by atoms with Crippen LogP contribution in [0, 0.1) is 11.6 Å². The van der Waals surface area contributed by atoms with Gasteiger partial charge >= 0.3 is 5.97 Å². The molecule has 2 amide bonds. The van der Waals surface area contributed by atoms with Gasteiger partial charge in [-0.2, -0.15) is 0 Å². The van der Waals surface area contributed by atoms with Gasteiger partial charge < -0.3 is 15.7 Å². The Balaban J connectivity index is 1.98. The van der Waals surface area contributed by atoms with Crippen LogP contribution in [0.2, 0.25) is 0 Å². The number of rotatable bonds is 10. The van der Waals surface area contributed by atoms with Crippen LogP contribution in [0.25, 0.3) is 11.1 Å². The number of hydrogen-bond donors (Lipinski definition) is 2. The van der Waals surface area contributed by atoms with Gasteiger partial charge in [-0.05, 0) is 79.8 Å². The molecule has 0 radical (unpaired) electrons. The van der Waals surface area contributed by atoms with Crippen LogP contribution in [0.1, 0.15) is 42.6 Å². The molecule has 3 N–H and O–H groups in total. The maximum Gasteiger partial charge on any atom is 0.303 e. The summed E-state index contributed by atoms with van der Waals surface area (Å²) in [5.41, 5.74) is 7.20. The molecule has 0 heterocycles. The molecular formula is C28H28F2N2O4. The van der Waals surface area contributed by atoms with Gasteiger partial charge in [0, 0.05) is 17.5 Å². The molecule has 0 aliphatic rings. The van der Waals surface area contributed by atoms with Crippen molar-refractivity contribution in [3.8, 4) is 11.1 Å². The van der Waals surface area contributed by atoms with Gasteiger partial charge in [0.15, 0.2) is 0 Å². The molecule has 0 aromatic heterocycles. The highest BCUT2D eigenvalue weighted by atomic mass is 19.1. The molecule has 0 saturated carbocycles. The molecule has 36 heavy (non-hydrogen) atoms. The number of amides is 2. The van der Waals surface area contributed by atoms with Crippen LogP contribution in [0.3, 0.4) is 0 Å². The zero-order valence-corrected chi connectivity index (χ0v) is 20.1. The van der Waals surface area contributed by atoms with Gasteiger partial charge in [-0.15, -0.1) is 0 Å². The molecule has 3 aromatic rings. The lowest BCUT2D eigenvalue weighted by Gasteiger charge is -2.43. The molecule has 0 bridgehead atoms. The molecule has 1 atom stereocenters. The molecular weight excluding hydrogens is 466 g/mol. The van der Waals surface area contributed by atoms with Crippen LogP contribution in [-0.2, 0) is 16.0 Å². The normalized spacial score (nSPS) is 12.1. The molecule has 3 aromatic carbocycles. The fraction of sp³-hybridized carbons (Fsp3) is 0.250. The van der Waals surface area contributed by atoms with Crippen LogP contribution in [0.15, 0.2) is 72.8 Å². The van der Waals surface area contributed by atoms with Crippen molar-refractivity contribution < 1.29 is 28.3 Å². The monoisotopic (exact) mass is 494 g/mol. The SMILES string of the molecule is CC(C)(Cc1ccc(F)cc1)N(C(=O)c1ccc(-c2ccc(F)cc2)cc1)[C@@H](CCC(=O)O)C(N)=O. The molecule has 0 fully saturated rings. The summed E-state index contributed by atoms with van der Waals surface area (Å²) in [6, 6.07) is 17.2. The Labute approximate surface area is 208 Å². The van der Waals surface area contributed by atoms with E-state index in [-0.39, 0.29) is 30.6 Å². The quantitative estimate of drug-likeness (QED) is 0.422. The van der Waals surface area contributed by atoms with Crippen molar-refractivity contribution in [2.75, 3.05) is 0 Å². The molecule has 3 rings (SSSR count). The Morgan fingerprint density at radius 3 is 1.81 bits per heavy atom. The molecule has 0 aliphatic carbocycles. The van der Waals surface area contributed by atoms with Gasteiger partial charge in [0.05, 0.1) is 0 Å². The van der Waals surface area contributed by atoms with E-state index in [1.165, 1.54) is 29.2 Å². The topological polar surface area (TPSA) is 101 Å². The summed E-state index contributed by atoms with van der Waals surface area (Å²) >= 11 is 0. The Morgan fingerprint density at radius 2 is 1.33 bits per heavy atom. The zero-order chi connectivity index (χ0) is 26.5. The lowest BCUT2D eigenvalue weighted by Crippen LogP contribution is -2.58. The van der Waals surface area contributed by atoms with E-state index >= 15 is 0 Å². The fourth-order valence-corrected chi connectivity index (χ4v) is 4.27. The van der Waals surface area contributed by atoms with Crippen molar-refractivity contribution in [2.24, 2.45) is 5.73 Å². The van der Waals surface area contributed by atoms with E-state index in [1.807, 2.05) is 0 Å². The lowest BCUT2D eigenvalue weighted by atomic mass is 9.89. The van der Waals surface area contributed by atoms with E-state index < -0.39 is 35.2 Å². The third kappa shape index (κ3) is 6.53. The number of halogens is 2. The standard InChI is InChI=1S/C28H28F2N2O4/c1-28(2,17-18-3-11-22(29)12-4-18)32(24(26(31)35)15-16-25(33)34)27(36)21-7-5-19(6-8-21)20-9-13-23(30)14-10-20/h3-14,24H,15-17H2,1-2H3,(H2,31,35)(H,33,34)/t24-/m0/s1. The van der Waals surface area contributed by atoms with Gasteiger partial charge in [0.2, 0.25) is 5.91 Å². The number of nitrogens with zero attached hydrogens (tertiary/aromatic N) is 1. The minimum atomic E-state index is -1.18. The van der Waals surface area contributed by atoms with Gasteiger partial charge in [-0.1, -0.05) is 36.4 Å². The molecule has 0 spiro atoms. The molecule has 6 nitrogen and oxygen atoms in total. The van der Waals surface area contributed by atoms with Crippen LogP contribution in [0.5, 0.6) is 0 Å². The first-order chi connectivity index (χ1) is 17.0. The summed E-state index contributed by atoms with van der Waals surface area (Å²) in [5.74, 6) is -3.19. The number of carboxylic acids is 1. The third-order valence-corrected chi connectivity index (χ3v) is 6.00. The molecule has 8 heteroatoms.